The van der Waals surface area contributed by atoms with Crippen molar-refractivity contribution in [3.05, 3.63) is 57.5 Å². The molecule has 0 saturated heterocycles. The van der Waals surface area contributed by atoms with Crippen LogP contribution in [0, 0.1) is 5.41 Å². The summed E-state index contributed by atoms with van der Waals surface area (Å²) < 4.78 is 6.55. The fourth-order valence-corrected chi connectivity index (χ4v) is 2.13. The first-order chi connectivity index (χ1) is 8.59. The number of para-hydroxylation sites is 1. The van der Waals surface area contributed by atoms with Gasteiger partial charge in [-0.15, -0.1) is 0 Å². The van der Waals surface area contributed by atoms with Gasteiger partial charge in [0, 0.05) is 0 Å². The standard InChI is InChI=1S/C13H10BrClN2O/c14-8-4-1-2-6-10(8)18-11-7-3-5-9(15)12(11)13(16)17/h1-7H,(H3,16,17). The van der Waals surface area contributed by atoms with E-state index in [1.807, 2.05) is 24.3 Å². The van der Waals surface area contributed by atoms with Gasteiger partial charge in [-0.1, -0.05) is 29.8 Å². The van der Waals surface area contributed by atoms with E-state index in [0.717, 1.165) is 4.47 Å². The Bertz CT molecular complexity index is 601. The first kappa shape index (κ1) is 12.9. The summed E-state index contributed by atoms with van der Waals surface area (Å²) in [7, 11) is 0. The lowest BCUT2D eigenvalue weighted by atomic mass is 10.2. The van der Waals surface area contributed by atoms with Crippen molar-refractivity contribution in [2.75, 3.05) is 0 Å². The monoisotopic (exact) mass is 324 g/mol. The largest absolute Gasteiger partial charge is 0.455 e. The summed E-state index contributed by atoms with van der Waals surface area (Å²) in [5, 5.41) is 7.93. The molecule has 0 aromatic heterocycles. The van der Waals surface area contributed by atoms with Gasteiger partial charge >= 0.3 is 0 Å². The second kappa shape index (κ2) is 5.42. The van der Waals surface area contributed by atoms with E-state index in [9.17, 15) is 0 Å². The minimum Gasteiger partial charge on any atom is -0.455 e. The smallest absolute Gasteiger partial charge is 0.141 e. The molecule has 0 heterocycles. The number of halogens is 2. The molecule has 2 aromatic rings. The molecule has 0 bridgehead atoms. The highest BCUT2D eigenvalue weighted by Gasteiger charge is 2.12. The number of nitrogen functional groups attached to an aromatic ring is 1. The van der Waals surface area contributed by atoms with Gasteiger partial charge in [-0.25, -0.2) is 0 Å². The quantitative estimate of drug-likeness (QED) is 0.657. The lowest BCUT2D eigenvalue weighted by Gasteiger charge is -2.12. The second-order valence-corrected chi connectivity index (χ2v) is 4.82. The minimum absolute atomic E-state index is 0.123. The normalized spacial score (nSPS) is 10.1. The Balaban J connectivity index is 2.44. The summed E-state index contributed by atoms with van der Waals surface area (Å²) in [5.74, 6) is 0.979. The van der Waals surface area contributed by atoms with E-state index in [1.54, 1.807) is 18.2 Å². The summed E-state index contributed by atoms with van der Waals surface area (Å²) in [6, 6.07) is 12.6. The first-order valence-corrected chi connectivity index (χ1v) is 6.32. The van der Waals surface area contributed by atoms with E-state index in [-0.39, 0.29) is 5.84 Å². The van der Waals surface area contributed by atoms with Gasteiger partial charge in [-0.3, -0.25) is 5.41 Å². The highest BCUT2D eigenvalue weighted by Crippen LogP contribution is 2.33. The van der Waals surface area contributed by atoms with E-state index < -0.39 is 0 Å². The third kappa shape index (κ3) is 2.66. The molecule has 2 rings (SSSR count). The van der Waals surface area contributed by atoms with Crippen molar-refractivity contribution in [1.82, 2.24) is 0 Å². The van der Waals surface area contributed by atoms with Gasteiger partial charge in [0.15, 0.2) is 0 Å². The van der Waals surface area contributed by atoms with Crippen molar-refractivity contribution in [1.29, 1.82) is 5.41 Å². The summed E-state index contributed by atoms with van der Waals surface area (Å²) in [5.41, 5.74) is 5.91. The maximum atomic E-state index is 7.54. The lowest BCUT2D eigenvalue weighted by Crippen LogP contribution is -2.13. The number of benzene rings is 2. The molecule has 2 aromatic carbocycles. The molecule has 0 unspecified atom stereocenters. The number of hydrogen-bond donors (Lipinski definition) is 2. The molecule has 92 valence electrons. The fraction of sp³-hybridized carbons (Fsp3) is 0. The molecule has 0 fully saturated rings. The van der Waals surface area contributed by atoms with E-state index in [0.29, 0.717) is 22.1 Å². The van der Waals surface area contributed by atoms with Gasteiger partial charge in [0.25, 0.3) is 0 Å². The van der Waals surface area contributed by atoms with Crippen LogP contribution in [0.2, 0.25) is 5.02 Å². The lowest BCUT2D eigenvalue weighted by molar-refractivity contribution is 0.478. The van der Waals surface area contributed by atoms with Gasteiger partial charge in [0.1, 0.15) is 17.3 Å². The number of hydrogen-bond acceptors (Lipinski definition) is 2. The minimum atomic E-state index is -0.123. The zero-order valence-electron chi connectivity index (χ0n) is 9.28. The molecule has 0 aliphatic heterocycles. The molecular weight excluding hydrogens is 316 g/mol. The van der Waals surface area contributed by atoms with Crippen molar-refractivity contribution >= 4 is 33.4 Å². The summed E-state index contributed by atoms with van der Waals surface area (Å²) >= 11 is 9.41. The molecule has 3 nitrogen and oxygen atoms in total. The molecule has 3 N–H and O–H groups in total. The Morgan fingerprint density at radius 2 is 1.78 bits per heavy atom. The van der Waals surface area contributed by atoms with Crippen LogP contribution in [-0.2, 0) is 0 Å². The number of amidine groups is 1. The fourth-order valence-electron chi connectivity index (χ4n) is 1.50. The van der Waals surface area contributed by atoms with E-state index in [2.05, 4.69) is 15.9 Å². The predicted octanol–water partition coefficient (Wildman–Crippen LogP) is 4.18. The third-order valence-corrected chi connectivity index (χ3v) is 3.27. The maximum Gasteiger partial charge on any atom is 0.141 e. The van der Waals surface area contributed by atoms with Gasteiger partial charge in [0.2, 0.25) is 0 Å². The zero-order valence-corrected chi connectivity index (χ0v) is 11.6. The molecule has 0 amide bonds. The average Bonchev–Trinajstić information content (AvgIpc) is 2.31. The van der Waals surface area contributed by atoms with Crippen LogP contribution in [0.1, 0.15) is 5.56 Å². The zero-order chi connectivity index (χ0) is 13.1. The van der Waals surface area contributed by atoms with Crippen LogP contribution in [0.25, 0.3) is 0 Å². The molecule has 0 spiro atoms. The van der Waals surface area contributed by atoms with Gasteiger partial charge < -0.3 is 10.5 Å². The van der Waals surface area contributed by atoms with E-state index in [1.165, 1.54) is 0 Å². The van der Waals surface area contributed by atoms with Crippen LogP contribution >= 0.6 is 27.5 Å². The molecule has 0 aliphatic rings. The van der Waals surface area contributed by atoms with E-state index in [4.69, 9.17) is 27.5 Å². The topological polar surface area (TPSA) is 59.1 Å². The SMILES string of the molecule is N=C(N)c1c(Cl)cccc1Oc1ccccc1Br. The van der Waals surface area contributed by atoms with Crippen LogP contribution in [0.3, 0.4) is 0 Å². The van der Waals surface area contributed by atoms with Crippen LogP contribution in [0.15, 0.2) is 46.9 Å². The molecular formula is C13H10BrClN2O. The van der Waals surface area contributed by atoms with Crippen molar-refractivity contribution in [3.63, 3.8) is 0 Å². The van der Waals surface area contributed by atoms with Crippen LogP contribution in [-0.4, -0.2) is 5.84 Å². The molecule has 5 heteroatoms. The van der Waals surface area contributed by atoms with Crippen molar-refractivity contribution in [3.8, 4) is 11.5 Å². The summed E-state index contributed by atoms with van der Waals surface area (Å²) in [4.78, 5) is 0. The first-order valence-electron chi connectivity index (χ1n) is 5.15. The van der Waals surface area contributed by atoms with Gasteiger partial charge in [-0.2, -0.15) is 0 Å². The predicted molar refractivity (Wildman–Crippen MR) is 76.7 cm³/mol. The Morgan fingerprint density at radius 1 is 1.11 bits per heavy atom. The molecule has 0 aliphatic carbocycles. The second-order valence-electron chi connectivity index (χ2n) is 3.56. The molecule has 0 radical (unpaired) electrons. The highest BCUT2D eigenvalue weighted by molar-refractivity contribution is 9.10. The van der Waals surface area contributed by atoms with Crippen LogP contribution in [0.5, 0.6) is 11.5 Å². The van der Waals surface area contributed by atoms with Crippen molar-refractivity contribution in [2.24, 2.45) is 5.73 Å². The molecule has 0 atom stereocenters. The Labute approximate surface area is 118 Å². The summed E-state index contributed by atoms with van der Waals surface area (Å²) in [6.45, 7) is 0. The maximum absolute atomic E-state index is 7.54. The van der Waals surface area contributed by atoms with Gasteiger partial charge in [-0.05, 0) is 40.2 Å². The number of nitrogens with two attached hydrogens (primary N) is 1. The Hall–Kier alpha value is -1.52. The number of ether oxygens (including phenoxy) is 1. The Morgan fingerprint density at radius 3 is 2.44 bits per heavy atom. The van der Waals surface area contributed by atoms with Gasteiger partial charge in [0.05, 0.1) is 15.1 Å². The average molecular weight is 326 g/mol. The van der Waals surface area contributed by atoms with Crippen molar-refractivity contribution in [2.45, 2.75) is 0 Å². The molecule has 0 saturated carbocycles. The summed E-state index contributed by atoms with van der Waals surface area (Å²) in [6.07, 6.45) is 0. The van der Waals surface area contributed by atoms with Crippen LogP contribution < -0.4 is 10.5 Å². The Kier molecular flexibility index (Phi) is 3.89. The van der Waals surface area contributed by atoms with Crippen LogP contribution in [0.4, 0.5) is 0 Å². The highest BCUT2D eigenvalue weighted by atomic mass is 79.9. The third-order valence-electron chi connectivity index (χ3n) is 2.30. The van der Waals surface area contributed by atoms with Crippen molar-refractivity contribution < 1.29 is 4.74 Å². The van der Waals surface area contributed by atoms with E-state index >= 15 is 0 Å². The molecule has 18 heavy (non-hydrogen) atoms. The number of rotatable bonds is 3. The number of nitrogens with one attached hydrogen (secondary N) is 1.